The number of hydrogen-bond donors (Lipinski definition) is 2. The van der Waals surface area contributed by atoms with Gasteiger partial charge in [-0.05, 0) is 72.8 Å². The number of halogens is 2. The molecule has 0 saturated carbocycles. The minimum atomic E-state index is -0.803. The number of nitrogens with zero attached hydrogens (tertiary/aromatic N) is 3. The Morgan fingerprint density at radius 1 is 1.26 bits per heavy atom. The first kappa shape index (κ1) is 23.8. The number of aliphatic hydroxyl groups excluding tert-OH is 1. The van der Waals surface area contributed by atoms with Crippen LogP contribution in [0.15, 0.2) is 42.6 Å². The molecule has 1 aliphatic heterocycles. The summed E-state index contributed by atoms with van der Waals surface area (Å²) in [4.78, 5) is 35.9. The monoisotopic (exact) mass is 482 g/mol. The Hall–Kier alpha value is -3.36. The molecule has 176 valence electrons. The van der Waals surface area contributed by atoms with Gasteiger partial charge in [-0.15, -0.1) is 0 Å². The second kappa shape index (κ2) is 9.48. The van der Waals surface area contributed by atoms with Crippen molar-refractivity contribution in [2.24, 2.45) is 0 Å². The third-order valence-corrected chi connectivity index (χ3v) is 6.15. The lowest BCUT2D eigenvalue weighted by Gasteiger charge is -2.26. The van der Waals surface area contributed by atoms with Crippen LogP contribution < -0.4 is 5.32 Å². The van der Waals surface area contributed by atoms with Gasteiger partial charge in [-0.25, -0.2) is 14.4 Å². The van der Waals surface area contributed by atoms with Crippen molar-refractivity contribution in [2.45, 2.75) is 39.4 Å². The fourth-order valence-electron chi connectivity index (χ4n) is 4.13. The number of nitrogens with one attached hydrogen (secondary N) is 1. The van der Waals surface area contributed by atoms with Crippen LogP contribution in [0.25, 0.3) is 11.3 Å². The Kier molecular flexibility index (Phi) is 6.63. The van der Waals surface area contributed by atoms with Gasteiger partial charge in [0.1, 0.15) is 11.9 Å². The van der Waals surface area contributed by atoms with E-state index in [-0.39, 0.29) is 17.7 Å². The normalized spacial score (nSPS) is 14.6. The van der Waals surface area contributed by atoms with E-state index in [1.54, 1.807) is 32.2 Å². The van der Waals surface area contributed by atoms with Crippen LogP contribution >= 0.6 is 11.6 Å². The zero-order chi connectivity index (χ0) is 24.6. The van der Waals surface area contributed by atoms with Crippen LogP contribution in [-0.2, 0) is 11.3 Å². The molecule has 4 rings (SSSR count). The lowest BCUT2D eigenvalue weighted by molar-refractivity contribution is -0.126. The van der Waals surface area contributed by atoms with E-state index in [0.29, 0.717) is 22.4 Å². The smallest absolute Gasteiger partial charge is 0.255 e. The van der Waals surface area contributed by atoms with Crippen LogP contribution in [0.5, 0.6) is 0 Å². The van der Waals surface area contributed by atoms with Crippen molar-refractivity contribution >= 4 is 23.4 Å². The summed E-state index contributed by atoms with van der Waals surface area (Å²) in [6.07, 6.45) is 1.62. The van der Waals surface area contributed by atoms with E-state index in [9.17, 15) is 19.1 Å². The van der Waals surface area contributed by atoms with Crippen LogP contribution in [-0.4, -0.2) is 44.4 Å². The van der Waals surface area contributed by atoms with E-state index < -0.39 is 30.4 Å². The number of rotatable bonds is 6. The molecule has 0 bridgehead atoms. The van der Waals surface area contributed by atoms with Gasteiger partial charge in [0, 0.05) is 23.9 Å². The minimum absolute atomic E-state index is 0.117. The summed E-state index contributed by atoms with van der Waals surface area (Å²) in [5.41, 5.74) is 4.61. The van der Waals surface area contributed by atoms with Crippen molar-refractivity contribution in [2.75, 3.05) is 6.61 Å². The van der Waals surface area contributed by atoms with Gasteiger partial charge in [-0.3, -0.25) is 9.59 Å². The number of aryl methyl sites for hydroxylation is 2. The Labute approximate surface area is 201 Å². The van der Waals surface area contributed by atoms with E-state index in [2.05, 4.69) is 15.3 Å². The van der Waals surface area contributed by atoms with E-state index >= 15 is 0 Å². The molecule has 0 aliphatic carbocycles. The average molecular weight is 483 g/mol. The van der Waals surface area contributed by atoms with Crippen molar-refractivity contribution < 1.29 is 19.1 Å². The highest BCUT2D eigenvalue weighted by molar-refractivity contribution is 6.28. The van der Waals surface area contributed by atoms with Crippen LogP contribution in [0.2, 0.25) is 5.28 Å². The summed E-state index contributed by atoms with van der Waals surface area (Å²) < 4.78 is 13.8. The van der Waals surface area contributed by atoms with Gasteiger partial charge in [-0.2, -0.15) is 0 Å². The number of aliphatic hydroxyl groups is 1. The van der Waals surface area contributed by atoms with Gasteiger partial charge in [0.05, 0.1) is 18.3 Å². The number of aromatic nitrogens is 2. The molecule has 1 aliphatic rings. The van der Waals surface area contributed by atoms with Crippen LogP contribution in [0, 0.1) is 19.7 Å². The van der Waals surface area contributed by atoms with Gasteiger partial charge in [0.25, 0.3) is 5.91 Å². The van der Waals surface area contributed by atoms with Gasteiger partial charge in [0.15, 0.2) is 0 Å². The number of benzene rings is 2. The van der Waals surface area contributed by atoms with Crippen LogP contribution in [0.1, 0.15) is 45.6 Å². The summed E-state index contributed by atoms with van der Waals surface area (Å²) in [7, 11) is 0. The fraction of sp³-hybridized carbons (Fsp3) is 0.280. The maximum atomic E-state index is 13.8. The zero-order valence-corrected chi connectivity index (χ0v) is 19.7. The topological polar surface area (TPSA) is 95.4 Å². The summed E-state index contributed by atoms with van der Waals surface area (Å²) in [5.74, 6) is -1.17. The average Bonchev–Trinajstić information content (AvgIpc) is 3.13. The maximum Gasteiger partial charge on any atom is 0.255 e. The number of amides is 2. The van der Waals surface area contributed by atoms with Gasteiger partial charge in [0.2, 0.25) is 11.2 Å². The summed E-state index contributed by atoms with van der Waals surface area (Å²) in [6, 6.07) is 8.21. The first-order valence-electron chi connectivity index (χ1n) is 10.8. The lowest BCUT2D eigenvalue weighted by atomic mass is 10.0. The van der Waals surface area contributed by atoms with Crippen molar-refractivity contribution in [3.8, 4) is 11.3 Å². The Bertz CT molecular complexity index is 1260. The van der Waals surface area contributed by atoms with Crippen molar-refractivity contribution in [1.82, 2.24) is 20.2 Å². The molecule has 2 atom stereocenters. The van der Waals surface area contributed by atoms with Crippen LogP contribution in [0.3, 0.4) is 0 Å². The largest absolute Gasteiger partial charge is 0.394 e. The highest BCUT2D eigenvalue weighted by Crippen LogP contribution is 2.30. The third-order valence-electron chi connectivity index (χ3n) is 5.97. The van der Waals surface area contributed by atoms with Crippen molar-refractivity contribution in [1.29, 1.82) is 0 Å². The second-order valence-electron chi connectivity index (χ2n) is 8.46. The fourth-order valence-corrected chi connectivity index (χ4v) is 4.26. The number of carbonyl (C=O) groups excluding carboxylic acids is 2. The van der Waals surface area contributed by atoms with Crippen molar-refractivity contribution in [3.63, 3.8) is 0 Å². The number of fused-ring (bicyclic) bond motifs is 1. The van der Waals surface area contributed by atoms with Gasteiger partial charge < -0.3 is 15.3 Å². The first-order valence-corrected chi connectivity index (χ1v) is 11.2. The molecule has 0 unspecified atom stereocenters. The Morgan fingerprint density at radius 2 is 2.03 bits per heavy atom. The number of carbonyl (C=O) groups is 2. The first-order chi connectivity index (χ1) is 16.2. The Morgan fingerprint density at radius 3 is 2.74 bits per heavy atom. The summed E-state index contributed by atoms with van der Waals surface area (Å²) in [5, 5.41) is 12.6. The molecule has 2 amide bonds. The van der Waals surface area contributed by atoms with Gasteiger partial charge in [-0.1, -0.05) is 18.2 Å². The highest BCUT2D eigenvalue weighted by atomic mass is 35.5. The summed E-state index contributed by atoms with van der Waals surface area (Å²) >= 11 is 5.95. The number of hydrogen-bond acceptors (Lipinski definition) is 5. The molecular weight excluding hydrogens is 459 g/mol. The zero-order valence-electron chi connectivity index (χ0n) is 19.0. The van der Waals surface area contributed by atoms with Crippen molar-refractivity contribution in [3.05, 3.63) is 81.5 Å². The van der Waals surface area contributed by atoms with E-state index in [4.69, 9.17) is 11.6 Å². The molecule has 9 heteroatoms. The molecule has 2 N–H and O–H groups in total. The third kappa shape index (κ3) is 4.64. The standard InChI is InChI=1S/C25H24ClFN4O3/c1-13-6-18(8-19(27)7-13)21(12-32)29-23(33)15(3)31-11-17-5-4-16(9-20(17)24(31)34)22-14(2)10-28-25(26)30-22/h4-10,15,21,32H,11-12H2,1-3H3,(H,29,33)/t15-,21-/m1/s1. The molecular formula is C25H24ClFN4O3. The van der Waals surface area contributed by atoms with Crippen LogP contribution in [0.4, 0.5) is 4.39 Å². The molecule has 1 aromatic heterocycles. The predicted octanol–water partition coefficient (Wildman–Crippen LogP) is 3.75. The molecule has 0 radical (unpaired) electrons. The van der Waals surface area contributed by atoms with E-state index in [1.165, 1.54) is 17.0 Å². The highest BCUT2D eigenvalue weighted by Gasteiger charge is 2.35. The molecule has 2 heterocycles. The molecule has 0 saturated heterocycles. The Balaban J connectivity index is 1.53. The summed E-state index contributed by atoms with van der Waals surface area (Å²) in [6.45, 7) is 5.09. The lowest BCUT2D eigenvalue weighted by Crippen LogP contribution is -2.46. The molecule has 7 nitrogen and oxygen atoms in total. The molecule has 3 aromatic rings. The molecule has 0 fully saturated rings. The van der Waals surface area contributed by atoms with E-state index in [1.807, 2.05) is 19.1 Å². The minimum Gasteiger partial charge on any atom is -0.394 e. The maximum absolute atomic E-state index is 13.8. The van der Waals surface area contributed by atoms with Gasteiger partial charge >= 0.3 is 0 Å². The molecule has 2 aromatic carbocycles. The SMILES string of the molecule is Cc1cc(F)cc([C@@H](CO)NC(=O)[C@@H](C)N2Cc3ccc(-c4nc(Cl)ncc4C)cc3C2=O)c1. The molecule has 34 heavy (non-hydrogen) atoms. The quantitative estimate of drug-likeness (QED) is 0.522. The second-order valence-corrected chi connectivity index (χ2v) is 8.80. The van der Waals surface area contributed by atoms with E-state index in [0.717, 1.165) is 16.7 Å². The predicted molar refractivity (Wildman–Crippen MR) is 126 cm³/mol. The molecule has 0 spiro atoms.